The number of aryl methyl sites for hydroxylation is 2. The molecule has 0 aromatic carbocycles. The van der Waals surface area contributed by atoms with Gasteiger partial charge in [0.25, 0.3) is 0 Å². The molecular formula is C14H20N4O. The summed E-state index contributed by atoms with van der Waals surface area (Å²) in [6.45, 7) is 3.11. The summed E-state index contributed by atoms with van der Waals surface area (Å²) in [5, 5.41) is 7.68. The molecule has 3 atom stereocenters. The third-order valence-corrected chi connectivity index (χ3v) is 5.10. The molecule has 5 heteroatoms. The van der Waals surface area contributed by atoms with Crippen molar-refractivity contribution in [2.75, 3.05) is 16.8 Å². The average Bonchev–Trinajstić information content (AvgIpc) is 3.01. The van der Waals surface area contributed by atoms with Gasteiger partial charge in [0.05, 0.1) is 5.69 Å². The van der Waals surface area contributed by atoms with Gasteiger partial charge in [-0.25, -0.2) is 0 Å². The van der Waals surface area contributed by atoms with E-state index in [1.165, 1.54) is 19.3 Å². The van der Waals surface area contributed by atoms with E-state index in [0.717, 1.165) is 30.2 Å². The maximum atomic E-state index is 12.5. The van der Waals surface area contributed by atoms with Crippen LogP contribution < -0.4 is 10.2 Å². The lowest BCUT2D eigenvalue weighted by molar-refractivity contribution is -0.118. The molecule has 1 saturated carbocycles. The molecule has 1 saturated heterocycles. The molecule has 2 aliphatic heterocycles. The van der Waals surface area contributed by atoms with Crippen LogP contribution in [0.5, 0.6) is 0 Å². The van der Waals surface area contributed by atoms with E-state index in [2.05, 4.69) is 22.2 Å². The van der Waals surface area contributed by atoms with Gasteiger partial charge in [-0.1, -0.05) is 13.3 Å². The zero-order valence-corrected chi connectivity index (χ0v) is 11.5. The summed E-state index contributed by atoms with van der Waals surface area (Å²) in [7, 11) is 1.99. The number of hydrogen-bond acceptors (Lipinski definition) is 3. The van der Waals surface area contributed by atoms with Crippen LogP contribution in [0.4, 0.5) is 11.5 Å². The minimum absolute atomic E-state index is 0.0418. The fourth-order valence-electron chi connectivity index (χ4n) is 4.33. The van der Waals surface area contributed by atoms with E-state index in [0.29, 0.717) is 11.8 Å². The number of carbonyl (C=O) groups is 1. The van der Waals surface area contributed by atoms with E-state index < -0.39 is 0 Å². The van der Waals surface area contributed by atoms with Gasteiger partial charge in [-0.3, -0.25) is 9.48 Å². The quantitative estimate of drug-likeness (QED) is 0.833. The minimum atomic E-state index is 0.0418. The van der Waals surface area contributed by atoms with Crippen molar-refractivity contribution in [2.45, 2.75) is 38.6 Å². The first-order chi connectivity index (χ1) is 9.20. The van der Waals surface area contributed by atoms with Crippen molar-refractivity contribution in [3.63, 3.8) is 0 Å². The molecule has 0 spiro atoms. The van der Waals surface area contributed by atoms with Crippen molar-refractivity contribution in [3.05, 3.63) is 5.69 Å². The monoisotopic (exact) mass is 260 g/mol. The lowest BCUT2D eigenvalue weighted by atomic mass is 9.93. The Bertz CT molecular complexity index is 550. The Kier molecular flexibility index (Phi) is 2.23. The zero-order chi connectivity index (χ0) is 13.1. The number of hydrogen-bond donors (Lipinski definition) is 1. The summed E-state index contributed by atoms with van der Waals surface area (Å²) in [5.41, 5.74) is 1.95. The van der Waals surface area contributed by atoms with Crippen molar-refractivity contribution in [2.24, 2.45) is 18.9 Å². The van der Waals surface area contributed by atoms with Gasteiger partial charge in [-0.2, -0.15) is 5.10 Å². The fraction of sp³-hybridized carbons (Fsp3) is 0.714. The topological polar surface area (TPSA) is 50.2 Å². The van der Waals surface area contributed by atoms with Gasteiger partial charge >= 0.3 is 0 Å². The van der Waals surface area contributed by atoms with E-state index in [1.54, 1.807) is 0 Å². The smallest absolute Gasteiger partial charge is 0.247 e. The second-order valence-electron chi connectivity index (χ2n) is 6.06. The Hall–Kier alpha value is -1.52. The summed E-state index contributed by atoms with van der Waals surface area (Å²) in [5.74, 6) is 2.55. The fourth-order valence-corrected chi connectivity index (χ4v) is 4.33. The number of nitrogens with one attached hydrogen (secondary N) is 1. The summed E-state index contributed by atoms with van der Waals surface area (Å²) in [6, 6.07) is 0.0418. The number of anilines is 2. The molecule has 3 aliphatic rings. The molecule has 1 amide bonds. The van der Waals surface area contributed by atoms with Gasteiger partial charge in [0.2, 0.25) is 5.91 Å². The molecule has 0 bridgehead atoms. The number of rotatable bonds is 1. The van der Waals surface area contributed by atoms with E-state index in [1.807, 2.05) is 11.7 Å². The third kappa shape index (κ3) is 1.36. The molecule has 1 N–H and O–H groups in total. The summed E-state index contributed by atoms with van der Waals surface area (Å²) < 4.78 is 1.95. The minimum Gasteiger partial charge on any atom is -0.342 e. The van der Waals surface area contributed by atoms with Gasteiger partial charge < -0.3 is 10.2 Å². The van der Waals surface area contributed by atoms with Gasteiger partial charge in [-0.05, 0) is 31.1 Å². The maximum Gasteiger partial charge on any atom is 0.247 e. The molecule has 0 radical (unpaired) electrons. The lowest BCUT2D eigenvalue weighted by Crippen LogP contribution is -2.47. The Balaban J connectivity index is 1.82. The van der Waals surface area contributed by atoms with E-state index in [4.69, 9.17) is 0 Å². The Morgan fingerprint density at radius 3 is 3.05 bits per heavy atom. The third-order valence-electron chi connectivity index (χ3n) is 5.10. The molecule has 19 heavy (non-hydrogen) atoms. The zero-order valence-electron chi connectivity index (χ0n) is 11.5. The van der Waals surface area contributed by atoms with Crippen LogP contribution in [-0.4, -0.2) is 28.3 Å². The predicted molar refractivity (Wildman–Crippen MR) is 73.2 cm³/mol. The van der Waals surface area contributed by atoms with Crippen LogP contribution in [0.3, 0.4) is 0 Å². The van der Waals surface area contributed by atoms with Crippen molar-refractivity contribution in [1.82, 2.24) is 9.78 Å². The second-order valence-corrected chi connectivity index (χ2v) is 6.06. The van der Waals surface area contributed by atoms with Crippen LogP contribution >= 0.6 is 0 Å². The highest BCUT2D eigenvalue weighted by Gasteiger charge is 2.51. The summed E-state index contributed by atoms with van der Waals surface area (Å²) >= 11 is 0. The van der Waals surface area contributed by atoms with Crippen LogP contribution in [0.25, 0.3) is 0 Å². The van der Waals surface area contributed by atoms with E-state index >= 15 is 0 Å². The predicted octanol–water partition coefficient (Wildman–Crippen LogP) is 1.54. The molecule has 3 unspecified atom stereocenters. The number of fused-ring (bicyclic) bond motifs is 5. The number of carbonyl (C=O) groups excluding carboxylic acids is 1. The first-order valence-electron chi connectivity index (χ1n) is 7.34. The van der Waals surface area contributed by atoms with E-state index in [-0.39, 0.29) is 11.9 Å². The van der Waals surface area contributed by atoms with Gasteiger partial charge in [0, 0.05) is 13.6 Å². The van der Waals surface area contributed by atoms with Gasteiger partial charge in [-0.15, -0.1) is 0 Å². The Morgan fingerprint density at radius 2 is 2.26 bits per heavy atom. The average molecular weight is 260 g/mol. The van der Waals surface area contributed by atoms with Crippen molar-refractivity contribution >= 4 is 17.4 Å². The molecule has 102 valence electrons. The van der Waals surface area contributed by atoms with Crippen LogP contribution in [0.1, 0.15) is 31.9 Å². The van der Waals surface area contributed by atoms with E-state index in [9.17, 15) is 4.79 Å². The Morgan fingerprint density at radius 1 is 1.42 bits per heavy atom. The van der Waals surface area contributed by atoms with Crippen molar-refractivity contribution in [3.8, 4) is 0 Å². The lowest BCUT2D eigenvalue weighted by Gasteiger charge is -2.33. The number of nitrogens with zero attached hydrogens (tertiary/aromatic N) is 3. The molecule has 1 aromatic heterocycles. The molecule has 2 fully saturated rings. The summed E-state index contributed by atoms with van der Waals surface area (Å²) in [4.78, 5) is 14.8. The van der Waals surface area contributed by atoms with Crippen molar-refractivity contribution in [1.29, 1.82) is 0 Å². The SMILES string of the molecule is CCc1nn(C)c2c1NC(=O)C1C3CCCC3CN21. The molecule has 1 aromatic rings. The molecule has 5 nitrogen and oxygen atoms in total. The maximum absolute atomic E-state index is 12.5. The van der Waals surface area contributed by atoms with Crippen LogP contribution in [0.2, 0.25) is 0 Å². The van der Waals surface area contributed by atoms with Gasteiger partial charge in [0.1, 0.15) is 11.7 Å². The van der Waals surface area contributed by atoms with Gasteiger partial charge in [0.15, 0.2) is 5.82 Å². The van der Waals surface area contributed by atoms with Crippen molar-refractivity contribution < 1.29 is 4.79 Å². The standard InChI is InChI=1S/C14H20N4O/c1-3-10-11-14(17(2)16-10)18-7-8-5-4-6-9(8)12(18)13(19)15-11/h8-9,12H,3-7H2,1-2H3,(H,15,19). The second kappa shape index (κ2) is 3.74. The number of aromatic nitrogens is 2. The highest BCUT2D eigenvalue weighted by Crippen LogP contribution is 2.48. The summed E-state index contributed by atoms with van der Waals surface area (Å²) in [6.07, 6.45) is 4.62. The highest BCUT2D eigenvalue weighted by atomic mass is 16.2. The molecule has 3 heterocycles. The normalized spacial score (nSPS) is 32.0. The first-order valence-corrected chi connectivity index (χ1v) is 7.34. The largest absolute Gasteiger partial charge is 0.342 e. The molecule has 1 aliphatic carbocycles. The van der Waals surface area contributed by atoms with Crippen LogP contribution in [0, 0.1) is 11.8 Å². The number of amides is 1. The van der Waals surface area contributed by atoms with Crippen LogP contribution in [-0.2, 0) is 18.3 Å². The van der Waals surface area contributed by atoms with Crippen LogP contribution in [0.15, 0.2) is 0 Å². The molecular weight excluding hydrogens is 240 g/mol. The first kappa shape index (κ1) is 11.3. The molecule has 4 rings (SSSR count). The Labute approximate surface area is 113 Å². The highest BCUT2D eigenvalue weighted by molar-refractivity contribution is 6.04.